The van der Waals surface area contributed by atoms with Gasteiger partial charge < -0.3 is 10.2 Å². The van der Waals surface area contributed by atoms with E-state index in [4.69, 9.17) is 10.2 Å². The molecule has 0 fully saturated rings. The van der Waals surface area contributed by atoms with Crippen LogP contribution in [0.15, 0.2) is 83.0 Å². The van der Waals surface area contributed by atoms with Crippen LogP contribution >= 0.6 is 0 Å². The van der Waals surface area contributed by atoms with Gasteiger partial charge in [-0.25, -0.2) is 23.3 Å². The Morgan fingerprint density at radius 1 is 0.595 bits per heavy atom. The third-order valence-corrected chi connectivity index (χ3v) is 4.67. The maximum absolute atomic E-state index is 11.9. The van der Waals surface area contributed by atoms with Gasteiger partial charge in [-0.2, -0.15) is 37.5 Å². The smallest absolute Gasteiger partial charge is 0.507 e. The Morgan fingerprint density at radius 2 is 0.892 bits per heavy atom. The number of halogens is 6. The zero-order valence-electron chi connectivity index (χ0n) is 20.8. The quantitative estimate of drug-likeness (QED) is 0.234. The number of aromatic hydroxyl groups is 2. The van der Waals surface area contributed by atoms with Gasteiger partial charge >= 0.3 is 38.6 Å². The largest absolute Gasteiger partial charge is 2.00 e. The minimum atomic E-state index is -4.47. The molecule has 9 heteroatoms. The van der Waals surface area contributed by atoms with Crippen LogP contribution in [0.4, 0.5) is 26.3 Å². The van der Waals surface area contributed by atoms with E-state index in [0.29, 0.717) is 0 Å². The molecule has 37 heavy (non-hydrogen) atoms. The zero-order valence-corrected chi connectivity index (χ0v) is 23.3. The van der Waals surface area contributed by atoms with E-state index >= 15 is 0 Å². The summed E-state index contributed by atoms with van der Waals surface area (Å²) in [5.41, 5.74) is 3.30. The topological polar surface area (TPSA) is 40.5 Å². The first-order valence-electron chi connectivity index (χ1n) is 10.8. The summed E-state index contributed by atoms with van der Waals surface area (Å²) in [5, 5.41) is 17.5. The van der Waals surface area contributed by atoms with Crippen LogP contribution < -0.4 is 0 Å². The molecule has 0 saturated heterocycles. The predicted molar refractivity (Wildman–Crippen MR) is 128 cm³/mol. The average Bonchev–Trinajstić information content (AvgIpc) is 3.34. The van der Waals surface area contributed by atoms with Crippen molar-refractivity contribution in [1.29, 1.82) is 0 Å². The first-order chi connectivity index (χ1) is 16.6. The van der Waals surface area contributed by atoms with Crippen molar-refractivity contribution >= 4 is 0 Å². The van der Waals surface area contributed by atoms with E-state index < -0.39 is 35.0 Å². The standard InChI is InChI=1S/2C7H5F3O.2C7H9.Zr/c2*8-7(9,10)5-3-1-2-4-6(5)11;2*1-6-3-4-7(2)5-6;/h2*1-4,11H;2*3H,4H2,1-2H3;/q;;2*-1;+2. The summed E-state index contributed by atoms with van der Waals surface area (Å²) in [6.45, 7) is 8.37. The first-order valence-corrected chi connectivity index (χ1v) is 10.8. The van der Waals surface area contributed by atoms with Crippen LogP contribution in [0.25, 0.3) is 0 Å². The molecule has 2 N–H and O–H groups in total. The van der Waals surface area contributed by atoms with E-state index in [-0.39, 0.29) is 26.2 Å². The molecule has 2 aliphatic carbocycles. The monoisotopic (exact) mass is 600 g/mol. The second kappa shape index (κ2) is 15.7. The predicted octanol–water partition coefficient (Wildman–Crippen LogP) is 8.99. The fourth-order valence-corrected chi connectivity index (χ4v) is 2.92. The van der Waals surface area contributed by atoms with Crippen molar-refractivity contribution in [3.8, 4) is 11.5 Å². The molecule has 0 bridgehead atoms. The fraction of sp³-hybridized carbons (Fsp3) is 0.286. The summed E-state index contributed by atoms with van der Waals surface area (Å²) in [5.74, 6) is -1.47. The molecule has 2 nitrogen and oxygen atoms in total. The van der Waals surface area contributed by atoms with Gasteiger partial charge in [-0.05, 0) is 24.3 Å². The summed E-state index contributed by atoms with van der Waals surface area (Å²) in [7, 11) is 0. The summed E-state index contributed by atoms with van der Waals surface area (Å²) in [6, 6.07) is 8.79. The second-order valence-corrected chi connectivity index (χ2v) is 8.02. The SMILES string of the molecule is CC1=[C-]C(C)=CC1.CC1=[C-]C(C)=CC1.Oc1ccccc1C(F)(F)F.Oc1ccccc1C(F)(F)F.[Zr+2]. The number of phenolic OH excluding ortho intramolecular Hbond substituents is 2. The Balaban J connectivity index is 0.000000473. The van der Waals surface area contributed by atoms with Crippen molar-refractivity contribution in [2.24, 2.45) is 0 Å². The van der Waals surface area contributed by atoms with Crippen molar-refractivity contribution in [3.05, 3.63) is 106 Å². The number of benzene rings is 2. The minimum Gasteiger partial charge on any atom is -0.507 e. The Hall–Kier alpha value is -2.54. The van der Waals surface area contributed by atoms with Gasteiger partial charge in [0.05, 0.1) is 11.1 Å². The first kappa shape index (κ1) is 34.5. The fourth-order valence-electron chi connectivity index (χ4n) is 2.92. The summed E-state index contributed by atoms with van der Waals surface area (Å²) < 4.78 is 71.3. The number of rotatable bonds is 0. The molecular formula is C28H28F6O2Zr. The zero-order chi connectivity index (χ0) is 27.5. The van der Waals surface area contributed by atoms with Gasteiger partial charge in [-0.1, -0.05) is 64.8 Å². The number of para-hydroxylation sites is 2. The average molecular weight is 602 g/mol. The van der Waals surface area contributed by atoms with Gasteiger partial charge in [-0.15, -0.1) is 0 Å². The number of hydrogen-bond donors (Lipinski definition) is 2. The van der Waals surface area contributed by atoms with Gasteiger partial charge in [0.1, 0.15) is 11.5 Å². The number of allylic oxidation sites excluding steroid dienone is 8. The molecule has 0 aromatic heterocycles. The molecule has 198 valence electrons. The molecule has 0 atom stereocenters. The van der Waals surface area contributed by atoms with Gasteiger partial charge in [0.25, 0.3) is 0 Å². The van der Waals surface area contributed by atoms with Gasteiger partial charge in [0, 0.05) is 0 Å². The Labute approximate surface area is 232 Å². The molecule has 2 aliphatic rings. The van der Waals surface area contributed by atoms with Crippen LogP contribution in [-0.4, -0.2) is 10.2 Å². The molecule has 4 rings (SSSR count). The second-order valence-electron chi connectivity index (χ2n) is 8.02. The van der Waals surface area contributed by atoms with Crippen molar-refractivity contribution in [1.82, 2.24) is 0 Å². The van der Waals surface area contributed by atoms with Crippen LogP contribution in [0.5, 0.6) is 11.5 Å². The summed E-state index contributed by atoms with van der Waals surface area (Å²) in [4.78, 5) is 0. The Bertz CT molecular complexity index is 1040. The molecule has 0 radical (unpaired) electrons. The molecule has 0 saturated carbocycles. The maximum Gasteiger partial charge on any atom is 2.00 e. The van der Waals surface area contributed by atoms with E-state index in [1.165, 1.54) is 46.6 Å². The number of alkyl halides is 6. The molecular weight excluding hydrogens is 574 g/mol. The van der Waals surface area contributed by atoms with Gasteiger partial charge in [0.2, 0.25) is 0 Å². The van der Waals surface area contributed by atoms with E-state index in [1.54, 1.807) is 0 Å². The Morgan fingerprint density at radius 3 is 1.03 bits per heavy atom. The van der Waals surface area contributed by atoms with E-state index in [2.05, 4.69) is 52.0 Å². The normalized spacial score (nSPS) is 14.1. The third kappa shape index (κ3) is 13.5. The summed E-state index contributed by atoms with van der Waals surface area (Å²) in [6.07, 6.45) is 4.07. The van der Waals surface area contributed by atoms with Crippen LogP contribution in [0.1, 0.15) is 51.7 Å². The van der Waals surface area contributed by atoms with E-state index in [0.717, 1.165) is 37.1 Å². The van der Waals surface area contributed by atoms with Crippen molar-refractivity contribution in [3.63, 3.8) is 0 Å². The van der Waals surface area contributed by atoms with Crippen LogP contribution in [-0.2, 0) is 38.6 Å². The number of hydrogen-bond acceptors (Lipinski definition) is 2. The Kier molecular flexibility index (Phi) is 14.6. The van der Waals surface area contributed by atoms with Crippen molar-refractivity contribution in [2.45, 2.75) is 52.9 Å². The maximum atomic E-state index is 11.9. The van der Waals surface area contributed by atoms with Crippen LogP contribution in [0.2, 0.25) is 0 Å². The molecule has 2 aromatic carbocycles. The van der Waals surface area contributed by atoms with Crippen LogP contribution in [0.3, 0.4) is 0 Å². The van der Waals surface area contributed by atoms with Gasteiger partial charge in [0.15, 0.2) is 0 Å². The molecule has 0 unspecified atom stereocenters. The van der Waals surface area contributed by atoms with E-state index in [9.17, 15) is 26.3 Å². The minimum absolute atomic E-state index is 0. The molecule has 0 amide bonds. The van der Waals surface area contributed by atoms with E-state index in [1.807, 2.05) is 0 Å². The van der Waals surface area contributed by atoms with Crippen molar-refractivity contribution in [2.75, 3.05) is 0 Å². The summed E-state index contributed by atoms with van der Waals surface area (Å²) >= 11 is 0. The molecule has 0 aliphatic heterocycles. The number of phenols is 2. The van der Waals surface area contributed by atoms with Crippen molar-refractivity contribution < 1.29 is 62.8 Å². The molecule has 0 spiro atoms. The van der Waals surface area contributed by atoms with Crippen LogP contribution in [0, 0.1) is 12.2 Å². The molecule has 2 aromatic rings. The molecule has 0 heterocycles. The van der Waals surface area contributed by atoms with Gasteiger partial charge in [-0.3, -0.25) is 12.2 Å². The third-order valence-electron chi connectivity index (χ3n) is 4.67.